The summed E-state index contributed by atoms with van der Waals surface area (Å²) in [5, 5.41) is 3.24. The lowest BCUT2D eigenvalue weighted by Gasteiger charge is -2.42. The van der Waals surface area contributed by atoms with Crippen LogP contribution in [0.1, 0.15) is 63.6 Å². The Kier molecular flexibility index (Phi) is 6.28. The second-order valence-corrected chi connectivity index (χ2v) is 7.63. The molecule has 1 aliphatic rings. The van der Waals surface area contributed by atoms with Crippen LogP contribution < -0.4 is 14.8 Å². The summed E-state index contributed by atoms with van der Waals surface area (Å²) >= 11 is 0. The molecular formula is C24H31NO3. The Morgan fingerprint density at radius 1 is 1.18 bits per heavy atom. The van der Waals surface area contributed by atoms with Crippen LogP contribution in [0.3, 0.4) is 0 Å². The molecule has 0 bridgehead atoms. The van der Waals surface area contributed by atoms with Crippen molar-refractivity contribution in [2.24, 2.45) is 0 Å². The summed E-state index contributed by atoms with van der Waals surface area (Å²) in [6.07, 6.45) is 2.66. The summed E-state index contributed by atoms with van der Waals surface area (Å²) in [6, 6.07) is 15.7. The van der Waals surface area contributed by atoms with Crippen LogP contribution in [0.4, 0.5) is 0 Å². The summed E-state index contributed by atoms with van der Waals surface area (Å²) < 4.78 is 12.3. The van der Waals surface area contributed by atoms with Crippen molar-refractivity contribution in [3.8, 4) is 11.5 Å². The van der Waals surface area contributed by atoms with E-state index in [1.54, 1.807) is 0 Å². The molecule has 0 radical (unpaired) electrons. The van der Waals surface area contributed by atoms with E-state index < -0.39 is 6.10 Å². The zero-order chi connectivity index (χ0) is 20.1. The molecule has 2 atom stereocenters. The number of fused-ring (bicyclic) bond motifs is 1. The van der Waals surface area contributed by atoms with Gasteiger partial charge in [0.2, 0.25) is 0 Å². The molecule has 0 aliphatic carbocycles. The topological polar surface area (TPSA) is 47.6 Å². The van der Waals surface area contributed by atoms with E-state index in [-0.39, 0.29) is 17.6 Å². The summed E-state index contributed by atoms with van der Waals surface area (Å²) in [6.45, 7) is 8.28. The maximum absolute atomic E-state index is 13.1. The second kappa shape index (κ2) is 8.68. The van der Waals surface area contributed by atoms with Crippen molar-refractivity contribution in [1.29, 1.82) is 0 Å². The van der Waals surface area contributed by atoms with E-state index in [0.29, 0.717) is 6.42 Å². The zero-order valence-corrected chi connectivity index (χ0v) is 17.3. The molecule has 0 saturated carbocycles. The van der Waals surface area contributed by atoms with Gasteiger partial charge in [0.15, 0.2) is 6.10 Å². The fourth-order valence-corrected chi connectivity index (χ4v) is 3.87. The number of benzene rings is 2. The average molecular weight is 382 g/mol. The van der Waals surface area contributed by atoms with Crippen LogP contribution in [-0.4, -0.2) is 17.6 Å². The van der Waals surface area contributed by atoms with Crippen molar-refractivity contribution < 1.29 is 14.3 Å². The average Bonchev–Trinajstić information content (AvgIpc) is 2.71. The number of carbonyl (C=O) groups excluding carboxylic acids is 1. The van der Waals surface area contributed by atoms with E-state index in [0.717, 1.165) is 41.9 Å². The smallest absolute Gasteiger partial charge is 0.261 e. The van der Waals surface area contributed by atoms with Crippen LogP contribution in [0.2, 0.25) is 0 Å². The number of rotatable bonds is 7. The molecule has 0 aromatic heterocycles. The van der Waals surface area contributed by atoms with Gasteiger partial charge in [-0.1, -0.05) is 51.1 Å². The van der Waals surface area contributed by atoms with Crippen molar-refractivity contribution in [3.63, 3.8) is 0 Å². The van der Waals surface area contributed by atoms with Gasteiger partial charge >= 0.3 is 0 Å². The predicted octanol–water partition coefficient (Wildman–Crippen LogP) is 5.35. The fourth-order valence-electron chi connectivity index (χ4n) is 3.87. The van der Waals surface area contributed by atoms with Gasteiger partial charge in [-0.15, -0.1) is 0 Å². The molecule has 1 aliphatic heterocycles. The SMILES string of the molecule is CC[C@H](Oc1cccc(C)c1)C(=O)N[C@H]1CC(CC)(CC)Oc2ccccc21. The van der Waals surface area contributed by atoms with E-state index in [4.69, 9.17) is 9.47 Å². The Hall–Kier alpha value is -2.49. The number of nitrogens with one attached hydrogen (secondary N) is 1. The Balaban J connectivity index is 1.79. The lowest BCUT2D eigenvalue weighted by molar-refractivity contribution is -0.129. The number of aryl methyl sites for hydroxylation is 1. The van der Waals surface area contributed by atoms with Gasteiger partial charge in [0.1, 0.15) is 17.1 Å². The maximum Gasteiger partial charge on any atom is 0.261 e. The van der Waals surface area contributed by atoms with Gasteiger partial charge in [0.05, 0.1) is 6.04 Å². The summed E-state index contributed by atoms with van der Waals surface area (Å²) in [4.78, 5) is 13.1. The molecule has 1 N–H and O–H groups in total. The third-order valence-corrected chi connectivity index (χ3v) is 5.73. The summed E-state index contributed by atoms with van der Waals surface area (Å²) in [5.41, 5.74) is 1.91. The van der Waals surface area contributed by atoms with Crippen LogP contribution in [0.25, 0.3) is 0 Å². The van der Waals surface area contributed by atoms with E-state index in [2.05, 4.69) is 19.2 Å². The number of carbonyl (C=O) groups is 1. The Morgan fingerprint density at radius 2 is 1.93 bits per heavy atom. The molecule has 0 unspecified atom stereocenters. The first-order chi connectivity index (χ1) is 13.5. The van der Waals surface area contributed by atoms with Gasteiger partial charge in [-0.3, -0.25) is 4.79 Å². The molecule has 4 heteroatoms. The molecule has 0 spiro atoms. The Labute approximate surface area is 168 Å². The Bertz CT molecular complexity index is 813. The third kappa shape index (κ3) is 4.32. The van der Waals surface area contributed by atoms with E-state index in [1.807, 2.05) is 62.4 Å². The number of amides is 1. The molecule has 150 valence electrons. The van der Waals surface area contributed by atoms with Crippen molar-refractivity contribution >= 4 is 5.91 Å². The lowest BCUT2D eigenvalue weighted by atomic mass is 9.83. The van der Waals surface area contributed by atoms with Crippen LogP contribution in [-0.2, 0) is 4.79 Å². The minimum absolute atomic E-state index is 0.0764. The largest absolute Gasteiger partial charge is 0.487 e. The van der Waals surface area contributed by atoms with Crippen molar-refractivity contribution in [2.75, 3.05) is 0 Å². The number of hydrogen-bond acceptors (Lipinski definition) is 3. The van der Waals surface area contributed by atoms with Gasteiger partial charge in [-0.05, 0) is 49.9 Å². The quantitative estimate of drug-likeness (QED) is 0.703. The van der Waals surface area contributed by atoms with Crippen LogP contribution in [0.5, 0.6) is 11.5 Å². The predicted molar refractivity (Wildman–Crippen MR) is 112 cm³/mol. The summed E-state index contributed by atoms with van der Waals surface area (Å²) in [5.74, 6) is 1.52. The number of hydrogen-bond donors (Lipinski definition) is 1. The highest BCUT2D eigenvalue weighted by Gasteiger charge is 2.39. The maximum atomic E-state index is 13.1. The van der Waals surface area contributed by atoms with Gasteiger partial charge in [0, 0.05) is 12.0 Å². The molecule has 3 rings (SSSR count). The van der Waals surface area contributed by atoms with Gasteiger partial charge in [-0.2, -0.15) is 0 Å². The van der Waals surface area contributed by atoms with Gasteiger partial charge in [-0.25, -0.2) is 0 Å². The van der Waals surface area contributed by atoms with E-state index >= 15 is 0 Å². The molecule has 1 heterocycles. The molecule has 4 nitrogen and oxygen atoms in total. The zero-order valence-electron chi connectivity index (χ0n) is 17.3. The molecule has 0 saturated heterocycles. The minimum atomic E-state index is -0.519. The molecule has 0 fully saturated rings. The van der Waals surface area contributed by atoms with Crippen LogP contribution >= 0.6 is 0 Å². The highest BCUT2D eigenvalue weighted by molar-refractivity contribution is 5.81. The molecule has 2 aromatic rings. The van der Waals surface area contributed by atoms with Crippen LogP contribution in [0.15, 0.2) is 48.5 Å². The minimum Gasteiger partial charge on any atom is -0.487 e. The van der Waals surface area contributed by atoms with Crippen LogP contribution in [0, 0.1) is 6.92 Å². The first kappa shape index (κ1) is 20.2. The lowest BCUT2D eigenvalue weighted by Crippen LogP contribution is -2.47. The third-order valence-electron chi connectivity index (χ3n) is 5.73. The standard InChI is InChI=1S/C24H31NO3/c1-5-21(27-18-12-10-11-17(4)15-18)23(26)25-20-16-24(6-2,7-3)28-22-14-9-8-13-19(20)22/h8-15,20-21H,5-7,16H2,1-4H3,(H,25,26)/t20-,21-/m0/s1. The first-order valence-electron chi connectivity index (χ1n) is 10.3. The number of ether oxygens (including phenoxy) is 2. The molecule has 28 heavy (non-hydrogen) atoms. The molecular weight excluding hydrogens is 350 g/mol. The van der Waals surface area contributed by atoms with Gasteiger partial charge in [0.25, 0.3) is 5.91 Å². The normalized spacial score (nSPS) is 18.5. The van der Waals surface area contributed by atoms with E-state index in [9.17, 15) is 4.79 Å². The monoisotopic (exact) mass is 381 g/mol. The second-order valence-electron chi connectivity index (χ2n) is 7.63. The molecule has 1 amide bonds. The van der Waals surface area contributed by atoms with Gasteiger partial charge < -0.3 is 14.8 Å². The fraction of sp³-hybridized carbons (Fsp3) is 0.458. The van der Waals surface area contributed by atoms with Crippen molar-refractivity contribution in [2.45, 2.75) is 71.1 Å². The van der Waals surface area contributed by atoms with Crippen molar-refractivity contribution in [3.05, 3.63) is 59.7 Å². The first-order valence-corrected chi connectivity index (χ1v) is 10.3. The number of para-hydroxylation sites is 1. The highest BCUT2D eigenvalue weighted by atomic mass is 16.5. The summed E-state index contributed by atoms with van der Waals surface area (Å²) in [7, 11) is 0. The Morgan fingerprint density at radius 3 is 2.61 bits per heavy atom. The highest BCUT2D eigenvalue weighted by Crippen LogP contribution is 2.42. The molecule has 2 aromatic carbocycles. The van der Waals surface area contributed by atoms with E-state index in [1.165, 1.54) is 0 Å². The van der Waals surface area contributed by atoms with Crippen molar-refractivity contribution in [1.82, 2.24) is 5.32 Å².